The van der Waals surface area contributed by atoms with E-state index in [1.807, 2.05) is 20.8 Å². The maximum Gasteiger partial charge on any atom is 0.291 e. The van der Waals surface area contributed by atoms with Crippen LogP contribution < -0.4 is 10.2 Å². The molecule has 0 fully saturated rings. The fourth-order valence-electron chi connectivity index (χ4n) is 2.64. The van der Waals surface area contributed by atoms with E-state index in [0.29, 0.717) is 18.1 Å². The molecule has 1 rings (SSSR count). The number of ether oxygens (including phenoxy) is 1. The summed E-state index contributed by atoms with van der Waals surface area (Å²) in [6.45, 7) is 14.4. The first-order valence-electron chi connectivity index (χ1n) is 9.96. The van der Waals surface area contributed by atoms with E-state index in [1.54, 1.807) is 4.90 Å². The number of nitrogens with one attached hydrogen (secondary N) is 2. The van der Waals surface area contributed by atoms with Crippen LogP contribution in [-0.2, 0) is 4.74 Å². The van der Waals surface area contributed by atoms with Crippen LogP contribution in [0.3, 0.4) is 0 Å². The molecule has 0 unspecified atom stereocenters. The lowest BCUT2D eigenvalue weighted by molar-refractivity contribution is -0.896. The highest BCUT2D eigenvalue weighted by Crippen LogP contribution is 2.05. The van der Waals surface area contributed by atoms with E-state index >= 15 is 0 Å². The van der Waals surface area contributed by atoms with Gasteiger partial charge in [0.2, 0.25) is 0 Å². The maximum atomic E-state index is 13.0. The molecular weight excluding hydrogens is 345 g/mol. The van der Waals surface area contributed by atoms with Gasteiger partial charge in [-0.3, -0.25) is 10.1 Å². The minimum atomic E-state index is -0.375. The summed E-state index contributed by atoms with van der Waals surface area (Å²) in [5.41, 5.74) is 0.370. The molecule has 0 saturated carbocycles. The Hall–Kier alpha value is -1.95. The van der Waals surface area contributed by atoms with Gasteiger partial charge in [0, 0.05) is 5.56 Å². The topological polar surface area (TPSA) is 55.1 Å². The minimum Gasteiger partial charge on any atom is -0.465 e. The molecule has 0 spiro atoms. The molecule has 0 saturated heterocycles. The Morgan fingerprint density at radius 2 is 1.81 bits per heavy atom. The molecule has 0 aromatic heterocycles. The van der Waals surface area contributed by atoms with Gasteiger partial charge in [0.05, 0.1) is 32.3 Å². The number of amides is 1. The van der Waals surface area contributed by atoms with Crippen molar-refractivity contribution in [1.29, 1.82) is 0 Å². The van der Waals surface area contributed by atoms with E-state index in [4.69, 9.17) is 4.74 Å². The van der Waals surface area contributed by atoms with E-state index in [9.17, 15) is 9.18 Å². The summed E-state index contributed by atoms with van der Waals surface area (Å²) in [6, 6.07) is 5.70. The van der Waals surface area contributed by atoms with Crippen LogP contribution in [0.15, 0.2) is 29.3 Å². The molecule has 1 aromatic carbocycles. The highest BCUT2D eigenvalue weighted by Gasteiger charge is 2.13. The number of nitrogens with zero attached hydrogens (tertiary/aromatic N) is 1. The predicted molar refractivity (Wildman–Crippen MR) is 108 cm³/mol. The second-order valence-corrected chi connectivity index (χ2v) is 7.30. The van der Waals surface area contributed by atoms with Gasteiger partial charge >= 0.3 is 0 Å². The number of hydrogen-bond acceptors (Lipinski definition) is 3. The van der Waals surface area contributed by atoms with Crippen LogP contribution in [0.2, 0.25) is 0 Å². The number of rotatable bonds is 10. The monoisotopic (exact) mass is 380 g/mol. The number of halogens is 1. The standard InChI is InChI=1S/C21H34FN3O2/c1-6-25(7-2)14-8-9-17(5)23-21(27-15-16(3)4)24-20(26)18-10-12-19(22)13-11-18/h10-13,16-17H,6-9,14-15H2,1-5H3,(H,23,24,26)/p+1/t17-/m0/s1. The number of carbonyl (C=O) groups excluding carboxylic acids is 1. The Kier molecular flexibility index (Phi) is 10.6. The van der Waals surface area contributed by atoms with Crippen molar-refractivity contribution in [2.75, 3.05) is 26.2 Å². The molecule has 1 atom stereocenters. The Balaban J connectivity index is 2.69. The Morgan fingerprint density at radius 3 is 2.37 bits per heavy atom. The van der Waals surface area contributed by atoms with Gasteiger partial charge in [0.1, 0.15) is 5.82 Å². The molecule has 152 valence electrons. The smallest absolute Gasteiger partial charge is 0.291 e. The van der Waals surface area contributed by atoms with E-state index in [-0.39, 0.29) is 23.8 Å². The van der Waals surface area contributed by atoms with Crippen molar-refractivity contribution in [1.82, 2.24) is 5.32 Å². The molecule has 0 aliphatic carbocycles. The SMILES string of the molecule is CC[NH+](CC)CCC[C@H](C)N=C(NC(=O)c1ccc(F)cc1)OCC(C)C. The molecule has 0 heterocycles. The molecule has 0 aliphatic heterocycles. The lowest BCUT2D eigenvalue weighted by Crippen LogP contribution is -3.11. The van der Waals surface area contributed by atoms with Gasteiger partial charge in [0.25, 0.3) is 11.9 Å². The third-order valence-electron chi connectivity index (χ3n) is 4.37. The summed E-state index contributed by atoms with van der Waals surface area (Å²) in [4.78, 5) is 18.5. The van der Waals surface area contributed by atoms with Crippen molar-refractivity contribution in [3.8, 4) is 0 Å². The summed E-state index contributed by atoms with van der Waals surface area (Å²) in [7, 11) is 0. The van der Waals surface area contributed by atoms with Crippen molar-refractivity contribution in [3.63, 3.8) is 0 Å². The van der Waals surface area contributed by atoms with Gasteiger partial charge in [-0.15, -0.1) is 0 Å². The third kappa shape index (κ3) is 9.52. The zero-order valence-electron chi connectivity index (χ0n) is 17.3. The molecule has 0 radical (unpaired) electrons. The van der Waals surface area contributed by atoms with Crippen molar-refractivity contribution in [2.24, 2.45) is 10.9 Å². The van der Waals surface area contributed by atoms with Crippen LogP contribution in [0.4, 0.5) is 4.39 Å². The lowest BCUT2D eigenvalue weighted by Gasteiger charge is -2.17. The normalized spacial score (nSPS) is 13.1. The zero-order chi connectivity index (χ0) is 20.2. The fraction of sp³-hybridized carbons (Fsp3) is 0.619. The summed E-state index contributed by atoms with van der Waals surface area (Å²) in [6.07, 6.45) is 2.01. The lowest BCUT2D eigenvalue weighted by atomic mass is 10.2. The predicted octanol–water partition coefficient (Wildman–Crippen LogP) is 2.68. The number of aliphatic imine (C=N–C) groups is 1. The first-order valence-corrected chi connectivity index (χ1v) is 9.96. The average Bonchev–Trinajstić information content (AvgIpc) is 2.63. The Labute approximate surface area is 163 Å². The molecule has 27 heavy (non-hydrogen) atoms. The molecule has 0 bridgehead atoms. The third-order valence-corrected chi connectivity index (χ3v) is 4.37. The average molecular weight is 381 g/mol. The van der Waals surface area contributed by atoms with Crippen LogP contribution >= 0.6 is 0 Å². The summed E-state index contributed by atoms with van der Waals surface area (Å²) >= 11 is 0. The van der Waals surface area contributed by atoms with Gasteiger partial charge in [-0.1, -0.05) is 13.8 Å². The van der Waals surface area contributed by atoms with E-state index in [2.05, 4.69) is 24.2 Å². The molecule has 1 amide bonds. The van der Waals surface area contributed by atoms with Crippen molar-refractivity contribution < 1.29 is 18.8 Å². The van der Waals surface area contributed by atoms with Crippen molar-refractivity contribution >= 4 is 11.9 Å². The zero-order valence-corrected chi connectivity index (χ0v) is 17.3. The highest BCUT2D eigenvalue weighted by molar-refractivity contribution is 6.04. The van der Waals surface area contributed by atoms with Gasteiger partial charge in [0.15, 0.2) is 0 Å². The first kappa shape index (κ1) is 23.1. The Bertz CT molecular complexity index is 584. The Morgan fingerprint density at radius 1 is 1.19 bits per heavy atom. The van der Waals surface area contributed by atoms with Gasteiger partial charge < -0.3 is 9.64 Å². The number of carbonyl (C=O) groups is 1. The van der Waals surface area contributed by atoms with E-state index in [1.165, 1.54) is 24.3 Å². The second-order valence-electron chi connectivity index (χ2n) is 7.30. The molecule has 2 N–H and O–H groups in total. The second kappa shape index (κ2) is 12.4. The van der Waals surface area contributed by atoms with Gasteiger partial charge in [-0.2, -0.15) is 0 Å². The fourth-order valence-corrected chi connectivity index (χ4v) is 2.64. The molecular formula is C21H35FN3O2+. The summed E-state index contributed by atoms with van der Waals surface area (Å²) < 4.78 is 18.7. The number of quaternary nitrogens is 1. The van der Waals surface area contributed by atoms with Crippen LogP contribution in [0.25, 0.3) is 0 Å². The summed E-state index contributed by atoms with van der Waals surface area (Å²) in [5.74, 6) is -0.405. The minimum absolute atomic E-state index is 0.0515. The summed E-state index contributed by atoms with van der Waals surface area (Å²) in [5, 5.41) is 2.72. The van der Waals surface area contributed by atoms with E-state index in [0.717, 1.165) is 32.5 Å². The van der Waals surface area contributed by atoms with Gasteiger partial charge in [-0.25, -0.2) is 9.38 Å². The van der Waals surface area contributed by atoms with Gasteiger partial charge in [-0.05, 0) is 63.8 Å². The molecule has 6 heteroatoms. The number of amidine groups is 1. The molecule has 0 aliphatic rings. The number of hydrogen-bond donors (Lipinski definition) is 2. The van der Waals surface area contributed by atoms with Crippen LogP contribution in [-0.4, -0.2) is 44.2 Å². The molecule has 1 aromatic rings. The maximum absolute atomic E-state index is 13.0. The van der Waals surface area contributed by atoms with Crippen LogP contribution in [0.5, 0.6) is 0 Å². The molecule has 5 nitrogen and oxygen atoms in total. The van der Waals surface area contributed by atoms with Crippen LogP contribution in [0, 0.1) is 11.7 Å². The quantitative estimate of drug-likeness (QED) is 0.484. The number of benzene rings is 1. The van der Waals surface area contributed by atoms with Crippen molar-refractivity contribution in [3.05, 3.63) is 35.6 Å². The van der Waals surface area contributed by atoms with E-state index < -0.39 is 0 Å². The first-order chi connectivity index (χ1) is 12.8. The van der Waals surface area contributed by atoms with Crippen molar-refractivity contribution in [2.45, 2.75) is 53.5 Å². The highest BCUT2D eigenvalue weighted by atomic mass is 19.1. The largest absolute Gasteiger partial charge is 0.465 e. The van der Waals surface area contributed by atoms with Crippen LogP contribution in [0.1, 0.15) is 57.8 Å².